The van der Waals surface area contributed by atoms with Crippen LogP contribution >= 0.6 is 0 Å². The van der Waals surface area contributed by atoms with E-state index >= 15 is 0 Å². The van der Waals surface area contributed by atoms with Crippen LogP contribution in [0.15, 0.2) is 85.1 Å². The number of fused-ring (bicyclic) bond motifs is 1. The van der Waals surface area contributed by atoms with Crippen LogP contribution < -0.4 is 27.0 Å². The van der Waals surface area contributed by atoms with Crippen molar-refractivity contribution in [3.8, 4) is 5.75 Å². The molecule has 13 heteroatoms. The number of phenols is 1. The molecule has 1 heterocycles. The molecular weight excluding hydrogens is 604 g/mol. The average Bonchev–Trinajstić information content (AvgIpc) is 3.46. The second-order valence-electron chi connectivity index (χ2n) is 11.2. The summed E-state index contributed by atoms with van der Waals surface area (Å²) >= 11 is 0. The third-order valence-electron chi connectivity index (χ3n) is 7.55. The van der Waals surface area contributed by atoms with E-state index in [1.807, 2.05) is 24.3 Å². The van der Waals surface area contributed by atoms with E-state index in [0.717, 1.165) is 16.5 Å². The molecule has 1 aromatic heterocycles. The maximum absolute atomic E-state index is 13.3. The fraction of sp³-hybridized carbons (Fsp3) is 0.265. The molecular formula is C34H38N6O7. The topological polar surface area (TPSA) is 216 Å². The summed E-state index contributed by atoms with van der Waals surface area (Å²) in [7, 11) is 0. The summed E-state index contributed by atoms with van der Waals surface area (Å²) in [5.41, 5.74) is 9.18. The molecule has 0 radical (unpaired) electrons. The van der Waals surface area contributed by atoms with Crippen LogP contribution in [0.5, 0.6) is 5.75 Å². The number of carbonyl (C=O) groups excluding carboxylic acids is 4. The number of para-hydroxylation sites is 1. The number of carboxylic acid groups (broad SMARTS) is 1. The van der Waals surface area contributed by atoms with E-state index < -0.39 is 60.3 Å². The second-order valence-corrected chi connectivity index (χ2v) is 11.2. The Morgan fingerprint density at radius 3 is 2.09 bits per heavy atom. The third-order valence-corrected chi connectivity index (χ3v) is 7.55. The number of carbonyl (C=O) groups is 5. The first-order valence-corrected chi connectivity index (χ1v) is 15.0. The summed E-state index contributed by atoms with van der Waals surface area (Å²) < 4.78 is 0. The summed E-state index contributed by atoms with van der Waals surface area (Å²) in [6.07, 6.45) is 2.05. The van der Waals surface area contributed by atoms with Crippen molar-refractivity contribution >= 4 is 40.5 Å². The average molecular weight is 643 g/mol. The number of nitrogens with one attached hydrogen (secondary N) is 5. The third kappa shape index (κ3) is 9.90. The van der Waals surface area contributed by atoms with Gasteiger partial charge < -0.3 is 42.2 Å². The summed E-state index contributed by atoms with van der Waals surface area (Å²) in [6.45, 7) is 0.930. The summed E-state index contributed by atoms with van der Waals surface area (Å²) in [5.74, 6) is -3.90. The van der Waals surface area contributed by atoms with Crippen LogP contribution in [0.1, 0.15) is 23.6 Å². The Morgan fingerprint density at radius 2 is 1.38 bits per heavy atom. The molecule has 4 aromatic rings. The van der Waals surface area contributed by atoms with E-state index in [1.54, 1.807) is 48.7 Å². The molecule has 4 atom stereocenters. The minimum absolute atomic E-state index is 0.00796. The molecule has 0 saturated carbocycles. The molecule has 0 bridgehead atoms. The van der Waals surface area contributed by atoms with Crippen molar-refractivity contribution in [2.75, 3.05) is 6.54 Å². The van der Waals surface area contributed by atoms with Crippen molar-refractivity contribution in [1.82, 2.24) is 26.3 Å². The maximum Gasteiger partial charge on any atom is 0.326 e. The molecule has 3 aromatic carbocycles. The molecule has 4 amide bonds. The molecule has 0 aliphatic heterocycles. The number of aromatic amines is 1. The molecule has 0 aliphatic rings. The van der Waals surface area contributed by atoms with Crippen LogP contribution in [0, 0.1) is 0 Å². The van der Waals surface area contributed by atoms with Gasteiger partial charge in [-0.25, -0.2) is 4.79 Å². The molecule has 0 saturated heterocycles. The largest absolute Gasteiger partial charge is 0.508 e. The van der Waals surface area contributed by atoms with Gasteiger partial charge in [0.25, 0.3) is 0 Å². The Morgan fingerprint density at radius 1 is 0.745 bits per heavy atom. The van der Waals surface area contributed by atoms with E-state index in [4.69, 9.17) is 5.73 Å². The van der Waals surface area contributed by atoms with Gasteiger partial charge in [-0.05, 0) is 48.2 Å². The Kier molecular flexibility index (Phi) is 11.7. The molecule has 4 rings (SSSR count). The maximum atomic E-state index is 13.3. The number of H-pyrrole nitrogens is 1. The molecule has 13 nitrogen and oxygen atoms in total. The van der Waals surface area contributed by atoms with Crippen LogP contribution in [-0.4, -0.2) is 75.5 Å². The number of aromatic nitrogens is 1. The highest BCUT2D eigenvalue weighted by Crippen LogP contribution is 2.19. The van der Waals surface area contributed by atoms with Gasteiger partial charge in [0.1, 0.15) is 23.9 Å². The molecule has 0 spiro atoms. The number of hydrogen-bond acceptors (Lipinski definition) is 7. The Balaban J connectivity index is 1.35. The van der Waals surface area contributed by atoms with E-state index in [-0.39, 0.29) is 25.0 Å². The lowest BCUT2D eigenvalue weighted by Gasteiger charge is -2.23. The predicted octanol–water partition coefficient (Wildman–Crippen LogP) is 0.904. The second kappa shape index (κ2) is 16.0. The van der Waals surface area contributed by atoms with E-state index in [2.05, 4.69) is 26.3 Å². The molecule has 47 heavy (non-hydrogen) atoms. The van der Waals surface area contributed by atoms with Crippen molar-refractivity contribution in [1.29, 1.82) is 0 Å². The normalized spacial score (nSPS) is 13.5. The standard InChI is InChI=1S/C34H38N6O7/c1-20(31(43)40-29(34(46)47)16-21-7-3-2-4-8-21)38-33(45)28(15-22-11-13-24(41)14-12-22)39-30(42)19-37-32(44)26(35)17-23-18-36-27-10-6-5-9-25(23)27/h2-14,18,20,26,28-29,36,41H,15-17,19,35H2,1H3,(H,37,44)(H,38,45)(H,39,42)(H,40,43)(H,46,47). The Hall–Kier alpha value is -5.69. The number of aliphatic carboxylic acids is 1. The lowest BCUT2D eigenvalue weighted by atomic mass is 10.0. The first kappa shape index (κ1) is 34.2. The number of amides is 4. The summed E-state index contributed by atoms with van der Waals surface area (Å²) in [4.78, 5) is 66.8. The smallest absolute Gasteiger partial charge is 0.326 e. The zero-order valence-corrected chi connectivity index (χ0v) is 25.7. The van der Waals surface area contributed by atoms with Crippen LogP contribution in [0.4, 0.5) is 0 Å². The highest BCUT2D eigenvalue weighted by Gasteiger charge is 2.28. The van der Waals surface area contributed by atoms with Crippen molar-refractivity contribution in [2.45, 2.75) is 50.4 Å². The van der Waals surface area contributed by atoms with Gasteiger partial charge in [-0.3, -0.25) is 19.2 Å². The van der Waals surface area contributed by atoms with Crippen molar-refractivity contribution in [3.05, 3.63) is 102 Å². The van der Waals surface area contributed by atoms with Crippen LogP contribution in [0.25, 0.3) is 10.9 Å². The van der Waals surface area contributed by atoms with Gasteiger partial charge >= 0.3 is 5.97 Å². The monoisotopic (exact) mass is 642 g/mol. The molecule has 9 N–H and O–H groups in total. The number of rotatable bonds is 15. The minimum atomic E-state index is -1.23. The van der Waals surface area contributed by atoms with Crippen LogP contribution in [-0.2, 0) is 43.2 Å². The Labute approximate surface area is 270 Å². The number of carboxylic acids is 1. The SMILES string of the molecule is CC(NC(=O)C(Cc1ccc(O)cc1)NC(=O)CNC(=O)C(N)Cc1c[nH]c2ccccc12)C(=O)NC(Cc1ccccc1)C(=O)O. The fourth-order valence-electron chi connectivity index (χ4n) is 4.98. The number of aromatic hydroxyl groups is 1. The van der Waals surface area contributed by atoms with Gasteiger partial charge in [0.2, 0.25) is 23.6 Å². The summed E-state index contributed by atoms with van der Waals surface area (Å²) in [5, 5.41) is 30.3. The number of benzene rings is 3. The molecule has 246 valence electrons. The first-order valence-electron chi connectivity index (χ1n) is 15.0. The van der Waals surface area contributed by atoms with Crippen molar-refractivity contribution in [2.24, 2.45) is 5.73 Å². The van der Waals surface area contributed by atoms with Crippen molar-refractivity contribution < 1.29 is 34.2 Å². The zero-order chi connectivity index (χ0) is 33.9. The van der Waals surface area contributed by atoms with Crippen molar-refractivity contribution in [3.63, 3.8) is 0 Å². The van der Waals surface area contributed by atoms with Gasteiger partial charge in [0.05, 0.1) is 12.6 Å². The predicted molar refractivity (Wildman–Crippen MR) is 174 cm³/mol. The van der Waals surface area contributed by atoms with E-state index in [1.165, 1.54) is 19.1 Å². The lowest BCUT2D eigenvalue weighted by molar-refractivity contribution is -0.142. The number of nitrogens with two attached hydrogens (primary N) is 1. The molecule has 4 unspecified atom stereocenters. The molecule has 0 fully saturated rings. The highest BCUT2D eigenvalue weighted by atomic mass is 16.4. The first-order chi connectivity index (χ1) is 22.5. The molecule has 0 aliphatic carbocycles. The fourth-order valence-corrected chi connectivity index (χ4v) is 4.98. The van der Waals surface area contributed by atoms with Gasteiger partial charge in [-0.15, -0.1) is 0 Å². The number of hydrogen-bond donors (Lipinski definition) is 8. The Bertz CT molecular complexity index is 1710. The van der Waals surface area contributed by atoms with E-state index in [0.29, 0.717) is 11.1 Å². The lowest BCUT2D eigenvalue weighted by Crippen LogP contribution is -2.56. The van der Waals surface area contributed by atoms with Gasteiger partial charge in [-0.1, -0.05) is 60.7 Å². The van der Waals surface area contributed by atoms with Gasteiger partial charge in [0, 0.05) is 29.9 Å². The highest BCUT2D eigenvalue weighted by molar-refractivity contribution is 5.94. The number of phenolic OH excluding ortho intramolecular Hbond substituents is 1. The van der Waals surface area contributed by atoms with E-state index in [9.17, 15) is 34.2 Å². The van der Waals surface area contributed by atoms with Crippen LogP contribution in [0.3, 0.4) is 0 Å². The summed E-state index contributed by atoms with van der Waals surface area (Å²) in [6, 6.07) is 17.9. The zero-order valence-electron chi connectivity index (χ0n) is 25.7. The van der Waals surface area contributed by atoms with Gasteiger partial charge in [-0.2, -0.15) is 0 Å². The van der Waals surface area contributed by atoms with Crippen LogP contribution in [0.2, 0.25) is 0 Å². The quantitative estimate of drug-likeness (QED) is 0.0930. The van der Waals surface area contributed by atoms with Gasteiger partial charge in [0.15, 0.2) is 0 Å². The minimum Gasteiger partial charge on any atom is -0.508 e.